The van der Waals surface area contributed by atoms with E-state index < -0.39 is 29.3 Å². The summed E-state index contributed by atoms with van der Waals surface area (Å²) in [5, 5.41) is 0. The molecule has 0 amide bonds. The predicted octanol–water partition coefficient (Wildman–Crippen LogP) is 7.75. The van der Waals surface area contributed by atoms with Gasteiger partial charge in [0.2, 0.25) is 0 Å². The van der Waals surface area contributed by atoms with E-state index in [4.69, 9.17) is 9.47 Å². The normalized spacial score (nSPS) is 21.5. The van der Waals surface area contributed by atoms with Gasteiger partial charge in [-0.3, -0.25) is 4.79 Å². The van der Waals surface area contributed by atoms with Crippen molar-refractivity contribution in [2.75, 3.05) is 6.61 Å². The molecule has 2 fully saturated rings. The lowest BCUT2D eigenvalue weighted by Gasteiger charge is -2.28. The highest BCUT2D eigenvalue weighted by Crippen LogP contribution is 2.40. The lowest BCUT2D eigenvalue weighted by molar-refractivity contribution is -0.140. The second-order valence-corrected chi connectivity index (χ2v) is 9.43. The van der Waals surface area contributed by atoms with Gasteiger partial charge in [0, 0.05) is 5.56 Å². The molecule has 3 nitrogen and oxygen atoms in total. The van der Waals surface area contributed by atoms with Crippen LogP contribution in [0.3, 0.4) is 0 Å². The summed E-state index contributed by atoms with van der Waals surface area (Å²) in [4.78, 5) is 12.6. The van der Waals surface area contributed by atoms with Crippen molar-refractivity contribution < 1.29 is 27.4 Å². The fraction of sp³-hybridized carbons (Fsp3) is 0.300. The topological polar surface area (TPSA) is 38.8 Å². The van der Waals surface area contributed by atoms with E-state index in [-0.39, 0.29) is 23.3 Å². The molecule has 5 rings (SSSR count). The molecule has 6 heteroatoms. The Labute approximate surface area is 208 Å². The third-order valence-electron chi connectivity index (χ3n) is 7.06. The molecule has 0 aromatic heterocycles. The van der Waals surface area contributed by atoms with Crippen LogP contribution >= 0.6 is 0 Å². The zero-order chi connectivity index (χ0) is 25.2. The van der Waals surface area contributed by atoms with Crippen LogP contribution in [-0.4, -0.2) is 12.6 Å². The zero-order valence-electron chi connectivity index (χ0n) is 20.0. The van der Waals surface area contributed by atoms with E-state index in [2.05, 4.69) is 0 Å². The Kier molecular flexibility index (Phi) is 6.97. The van der Waals surface area contributed by atoms with Crippen LogP contribution < -0.4 is 4.74 Å². The van der Waals surface area contributed by atoms with Gasteiger partial charge in [0.15, 0.2) is 23.2 Å². The van der Waals surface area contributed by atoms with Crippen LogP contribution in [0.1, 0.15) is 61.3 Å². The first-order valence-corrected chi connectivity index (χ1v) is 12.3. The first-order valence-electron chi connectivity index (χ1n) is 12.3. The highest BCUT2D eigenvalue weighted by atomic mass is 19.2. The van der Waals surface area contributed by atoms with Crippen molar-refractivity contribution in [1.29, 1.82) is 0 Å². The van der Waals surface area contributed by atoms with E-state index in [0.717, 1.165) is 11.1 Å². The van der Waals surface area contributed by atoms with Crippen molar-refractivity contribution >= 4 is 12.0 Å². The number of halogens is 3. The fourth-order valence-electron chi connectivity index (χ4n) is 4.94. The van der Waals surface area contributed by atoms with E-state index in [1.54, 1.807) is 30.3 Å². The molecule has 1 aliphatic carbocycles. The van der Waals surface area contributed by atoms with Crippen LogP contribution in [0.15, 0.2) is 60.7 Å². The van der Waals surface area contributed by atoms with Gasteiger partial charge in [0.25, 0.3) is 0 Å². The number of carbonyl (C=O) groups is 1. The summed E-state index contributed by atoms with van der Waals surface area (Å²) in [7, 11) is 0. The Balaban J connectivity index is 1.22. The van der Waals surface area contributed by atoms with Crippen molar-refractivity contribution in [3.63, 3.8) is 0 Å². The molecule has 0 spiro atoms. The molecule has 1 aliphatic heterocycles. The number of epoxide rings is 1. The van der Waals surface area contributed by atoms with Gasteiger partial charge < -0.3 is 9.47 Å². The molecular weight excluding hydrogens is 465 g/mol. The van der Waals surface area contributed by atoms with Gasteiger partial charge >= 0.3 is 5.97 Å². The second-order valence-electron chi connectivity index (χ2n) is 9.43. The summed E-state index contributed by atoms with van der Waals surface area (Å²) in [6.07, 6.45) is 5.75. The van der Waals surface area contributed by atoms with Crippen molar-refractivity contribution in [3.8, 4) is 16.9 Å². The van der Waals surface area contributed by atoms with E-state index in [0.29, 0.717) is 43.4 Å². The molecular formula is C30H27F3O3. The number of benzene rings is 3. The molecule has 2 aliphatic rings. The third-order valence-corrected chi connectivity index (χ3v) is 7.06. The van der Waals surface area contributed by atoms with Gasteiger partial charge in [-0.15, -0.1) is 0 Å². The molecule has 3 aromatic rings. The van der Waals surface area contributed by atoms with Gasteiger partial charge in [-0.05, 0) is 72.9 Å². The average Bonchev–Trinajstić information content (AvgIpc) is 3.73. The van der Waals surface area contributed by atoms with Crippen LogP contribution in [0, 0.1) is 23.4 Å². The maximum Gasteiger partial charge on any atom is 0.314 e. The van der Waals surface area contributed by atoms with Gasteiger partial charge in [0.1, 0.15) is 6.10 Å². The number of carbonyl (C=O) groups excluding carboxylic acids is 1. The summed E-state index contributed by atoms with van der Waals surface area (Å²) in [6, 6.07) is 15.0. The van der Waals surface area contributed by atoms with Crippen LogP contribution in [0.2, 0.25) is 0 Å². The lowest BCUT2D eigenvalue weighted by Crippen LogP contribution is -2.25. The Hall–Kier alpha value is -3.38. The Morgan fingerprint density at radius 1 is 0.944 bits per heavy atom. The highest BCUT2D eigenvalue weighted by Gasteiger charge is 2.32. The zero-order valence-corrected chi connectivity index (χ0v) is 20.0. The smallest absolute Gasteiger partial charge is 0.314 e. The van der Waals surface area contributed by atoms with Crippen LogP contribution in [0.5, 0.6) is 5.75 Å². The van der Waals surface area contributed by atoms with Crippen LogP contribution in [0.4, 0.5) is 13.2 Å². The number of rotatable bonds is 6. The third kappa shape index (κ3) is 5.09. The Bertz CT molecular complexity index is 1290. The van der Waals surface area contributed by atoms with Gasteiger partial charge in [-0.25, -0.2) is 13.2 Å². The Morgan fingerprint density at radius 3 is 2.31 bits per heavy atom. The minimum Gasteiger partial charge on any atom is -0.423 e. The maximum absolute atomic E-state index is 15.1. The summed E-state index contributed by atoms with van der Waals surface area (Å²) in [6.45, 7) is 2.49. The molecule has 1 saturated heterocycles. The first kappa shape index (κ1) is 24.3. The second kappa shape index (κ2) is 10.3. The quantitative estimate of drug-likeness (QED) is 0.201. The summed E-state index contributed by atoms with van der Waals surface area (Å²) < 4.78 is 54.9. The highest BCUT2D eigenvalue weighted by molar-refractivity contribution is 5.75. The Morgan fingerprint density at radius 2 is 1.67 bits per heavy atom. The van der Waals surface area contributed by atoms with Crippen molar-refractivity contribution in [3.05, 3.63) is 94.8 Å². The molecule has 3 aromatic carbocycles. The predicted molar refractivity (Wildman–Crippen MR) is 132 cm³/mol. The number of hydrogen-bond acceptors (Lipinski definition) is 3. The minimum absolute atomic E-state index is 0.0809. The number of esters is 1. The molecule has 0 N–H and O–H groups in total. The number of ether oxygens (including phenoxy) is 2. The average molecular weight is 493 g/mol. The first-order chi connectivity index (χ1) is 17.4. The van der Waals surface area contributed by atoms with E-state index in [9.17, 15) is 9.18 Å². The number of hydrogen-bond donors (Lipinski definition) is 0. The van der Waals surface area contributed by atoms with Gasteiger partial charge in [-0.2, -0.15) is 0 Å². The monoisotopic (exact) mass is 492 g/mol. The molecule has 0 radical (unpaired) electrons. The number of allylic oxidation sites excluding steroid dienone is 1. The molecule has 1 saturated carbocycles. The van der Waals surface area contributed by atoms with Crippen molar-refractivity contribution in [2.45, 2.75) is 44.6 Å². The molecule has 36 heavy (non-hydrogen) atoms. The standard InChI is InChI=1S/C30H27F3O3/c1-2-3-18-4-6-19(7-5-18)23-13-14-24(29(33)28(23)32)20-8-10-21(11-9-20)30(34)36-26-15-12-22(16-25(26)31)27-17-35-27/h2-7,12-16,20-21,27H,8-11,17H2,1H3/b3-2+. The SMILES string of the molecule is C/C=C/c1ccc(-c2ccc(C3CCC(C(=O)Oc4ccc(C5CO5)cc4F)CC3)c(F)c2F)cc1. The van der Waals surface area contributed by atoms with E-state index in [1.165, 1.54) is 12.1 Å². The largest absolute Gasteiger partial charge is 0.423 e. The molecule has 186 valence electrons. The van der Waals surface area contributed by atoms with Crippen LogP contribution in [-0.2, 0) is 9.53 Å². The van der Waals surface area contributed by atoms with E-state index in [1.807, 2.05) is 31.2 Å². The summed E-state index contributed by atoms with van der Waals surface area (Å²) >= 11 is 0. The maximum atomic E-state index is 15.1. The van der Waals surface area contributed by atoms with Gasteiger partial charge in [0.05, 0.1) is 12.5 Å². The fourth-order valence-corrected chi connectivity index (χ4v) is 4.94. The molecule has 1 heterocycles. The summed E-state index contributed by atoms with van der Waals surface area (Å²) in [5.41, 5.74) is 2.88. The van der Waals surface area contributed by atoms with Gasteiger partial charge in [-0.1, -0.05) is 54.6 Å². The lowest BCUT2D eigenvalue weighted by atomic mass is 9.78. The molecule has 1 unspecified atom stereocenters. The summed E-state index contributed by atoms with van der Waals surface area (Å²) in [5.74, 6) is -3.49. The van der Waals surface area contributed by atoms with Crippen molar-refractivity contribution in [2.24, 2.45) is 5.92 Å². The van der Waals surface area contributed by atoms with Crippen molar-refractivity contribution in [1.82, 2.24) is 0 Å². The molecule has 1 atom stereocenters. The molecule has 0 bridgehead atoms. The van der Waals surface area contributed by atoms with Crippen LogP contribution in [0.25, 0.3) is 17.2 Å². The minimum atomic E-state index is -0.858. The van der Waals surface area contributed by atoms with E-state index >= 15 is 8.78 Å².